The van der Waals surface area contributed by atoms with Crippen LogP contribution in [0.4, 0.5) is 0 Å². The molecule has 0 spiro atoms. The van der Waals surface area contributed by atoms with Crippen molar-refractivity contribution in [3.63, 3.8) is 0 Å². The van der Waals surface area contributed by atoms with E-state index in [0.717, 1.165) is 5.56 Å². The van der Waals surface area contributed by atoms with Crippen molar-refractivity contribution in [3.05, 3.63) is 77.9 Å². The molecular weight excluding hydrogens is 472 g/mol. The molecule has 1 N–H and O–H groups in total. The smallest absolute Gasteiger partial charge is 0.275 e. The predicted octanol–water partition coefficient (Wildman–Crippen LogP) is 3.84. The number of amides is 2. The number of hydrogen-bond acceptors (Lipinski definition) is 7. The number of carbonyl (C=O) groups is 2. The van der Waals surface area contributed by atoms with Crippen molar-refractivity contribution in [2.24, 2.45) is 0 Å². The van der Waals surface area contributed by atoms with Crippen LogP contribution in [0.25, 0.3) is 0 Å². The number of nitrogens with one attached hydrogen (secondary N) is 1. The quantitative estimate of drug-likeness (QED) is 0.446. The number of carbonyl (C=O) groups excluding carboxylic acids is 2. The summed E-state index contributed by atoms with van der Waals surface area (Å²) in [7, 11) is 4.51. The maximum absolute atomic E-state index is 13.8. The zero-order chi connectivity index (χ0) is 27.0. The predicted molar refractivity (Wildman–Crippen MR) is 140 cm³/mol. The fourth-order valence-corrected chi connectivity index (χ4v) is 3.97. The van der Waals surface area contributed by atoms with Crippen molar-refractivity contribution in [3.8, 4) is 17.2 Å². The Morgan fingerprint density at radius 3 is 2.14 bits per heavy atom. The summed E-state index contributed by atoms with van der Waals surface area (Å²) in [6, 6.07) is 12.1. The molecular formula is C28H34N4O5. The number of rotatable bonds is 10. The summed E-state index contributed by atoms with van der Waals surface area (Å²) < 4.78 is 16.6. The largest absolute Gasteiger partial charge is 0.493 e. The van der Waals surface area contributed by atoms with Crippen LogP contribution < -0.4 is 19.5 Å². The molecule has 0 aliphatic carbocycles. The summed E-state index contributed by atoms with van der Waals surface area (Å²) in [5, 5.41) is 3.02. The van der Waals surface area contributed by atoms with Gasteiger partial charge in [0.25, 0.3) is 5.91 Å². The first-order chi connectivity index (χ1) is 17.7. The molecule has 37 heavy (non-hydrogen) atoms. The molecule has 1 unspecified atom stereocenters. The average Bonchev–Trinajstić information content (AvgIpc) is 2.89. The Bertz CT molecular complexity index is 1170. The van der Waals surface area contributed by atoms with E-state index in [2.05, 4.69) is 15.3 Å². The molecule has 0 aliphatic rings. The SMILES string of the molecule is COc1cc(C(C(=O)NC(C)(C)C)N(CCc2ccccc2)C(=O)c2cnccn2)cc(OC)c1OC. The van der Waals surface area contributed by atoms with Gasteiger partial charge in [-0.3, -0.25) is 14.6 Å². The highest BCUT2D eigenvalue weighted by Gasteiger charge is 2.35. The fourth-order valence-electron chi connectivity index (χ4n) is 3.97. The Kier molecular flexibility index (Phi) is 9.05. The molecule has 196 valence electrons. The van der Waals surface area contributed by atoms with Crippen LogP contribution in [0.5, 0.6) is 17.2 Å². The summed E-state index contributed by atoms with van der Waals surface area (Å²) in [4.78, 5) is 37.5. The first-order valence-corrected chi connectivity index (χ1v) is 11.9. The minimum absolute atomic E-state index is 0.136. The van der Waals surface area contributed by atoms with Gasteiger partial charge in [0, 0.05) is 24.5 Å². The van der Waals surface area contributed by atoms with Crippen LogP contribution in [0.2, 0.25) is 0 Å². The second-order valence-electron chi connectivity index (χ2n) is 9.43. The van der Waals surface area contributed by atoms with Crippen LogP contribution >= 0.6 is 0 Å². The van der Waals surface area contributed by atoms with Gasteiger partial charge in [-0.25, -0.2) is 4.98 Å². The van der Waals surface area contributed by atoms with Gasteiger partial charge in [0.05, 0.1) is 27.5 Å². The van der Waals surface area contributed by atoms with Crippen molar-refractivity contribution in [2.45, 2.75) is 38.8 Å². The van der Waals surface area contributed by atoms with Gasteiger partial charge in [-0.05, 0) is 50.5 Å². The highest BCUT2D eigenvalue weighted by Crippen LogP contribution is 2.41. The van der Waals surface area contributed by atoms with E-state index in [1.807, 2.05) is 51.1 Å². The summed E-state index contributed by atoms with van der Waals surface area (Å²) in [5.41, 5.74) is 1.12. The topological polar surface area (TPSA) is 103 Å². The van der Waals surface area contributed by atoms with Crippen molar-refractivity contribution in [2.75, 3.05) is 27.9 Å². The standard InChI is InChI=1S/C28H34N4O5/c1-28(2,3)31-26(33)24(20-16-22(35-4)25(37-6)23(17-20)36-5)32(15-12-19-10-8-7-9-11-19)27(34)21-18-29-13-14-30-21/h7-11,13-14,16-18,24H,12,15H2,1-6H3,(H,31,33). The lowest BCUT2D eigenvalue weighted by molar-refractivity contribution is -0.127. The molecule has 3 aromatic rings. The highest BCUT2D eigenvalue weighted by molar-refractivity contribution is 5.96. The average molecular weight is 507 g/mol. The van der Waals surface area contributed by atoms with E-state index in [4.69, 9.17) is 14.2 Å². The summed E-state index contributed by atoms with van der Waals surface area (Å²) >= 11 is 0. The van der Waals surface area contributed by atoms with Gasteiger partial charge in [0.15, 0.2) is 11.5 Å². The summed E-state index contributed by atoms with van der Waals surface area (Å²) in [5.74, 6) is 0.361. The number of nitrogens with zero attached hydrogens (tertiary/aromatic N) is 3. The lowest BCUT2D eigenvalue weighted by atomic mass is 9.99. The van der Waals surface area contributed by atoms with Gasteiger partial charge in [0.1, 0.15) is 11.7 Å². The molecule has 1 heterocycles. The normalized spacial score (nSPS) is 11.8. The number of hydrogen-bond donors (Lipinski definition) is 1. The van der Waals surface area contributed by atoms with Crippen LogP contribution in [-0.2, 0) is 11.2 Å². The number of methoxy groups -OCH3 is 3. The van der Waals surface area contributed by atoms with Crippen LogP contribution in [0.3, 0.4) is 0 Å². The van der Waals surface area contributed by atoms with Crippen LogP contribution in [-0.4, -0.2) is 60.1 Å². The van der Waals surface area contributed by atoms with Crippen molar-refractivity contribution >= 4 is 11.8 Å². The molecule has 3 rings (SSSR count). The Morgan fingerprint density at radius 1 is 0.973 bits per heavy atom. The molecule has 0 saturated carbocycles. The highest BCUT2D eigenvalue weighted by atomic mass is 16.5. The Morgan fingerprint density at radius 2 is 1.62 bits per heavy atom. The van der Waals surface area contributed by atoms with Gasteiger partial charge < -0.3 is 24.4 Å². The second-order valence-corrected chi connectivity index (χ2v) is 9.43. The van der Waals surface area contributed by atoms with E-state index in [1.165, 1.54) is 44.8 Å². The molecule has 2 amide bonds. The Balaban J connectivity index is 2.17. The lowest BCUT2D eigenvalue weighted by Crippen LogP contribution is -2.50. The molecule has 0 saturated heterocycles. The minimum atomic E-state index is -1.02. The third-order valence-electron chi connectivity index (χ3n) is 5.59. The van der Waals surface area contributed by atoms with Crippen LogP contribution in [0.15, 0.2) is 61.1 Å². The molecule has 1 atom stereocenters. The molecule has 9 heteroatoms. The first-order valence-electron chi connectivity index (χ1n) is 11.9. The van der Waals surface area contributed by atoms with Gasteiger partial charge in [-0.2, -0.15) is 0 Å². The van der Waals surface area contributed by atoms with E-state index in [1.54, 1.807) is 12.1 Å². The maximum Gasteiger partial charge on any atom is 0.275 e. The van der Waals surface area contributed by atoms with Gasteiger partial charge in [0.2, 0.25) is 11.7 Å². The Labute approximate surface area is 217 Å². The minimum Gasteiger partial charge on any atom is -0.493 e. The molecule has 0 fully saturated rings. The molecule has 0 radical (unpaired) electrons. The van der Waals surface area contributed by atoms with E-state index >= 15 is 0 Å². The molecule has 0 aliphatic heterocycles. The first kappa shape index (κ1) is 27.4. The second kappa shape index (κ2) is 12.2. The van der Waals surface area contributed by atoms with E-state index < -0.39 is 17.5 Å². The maximum atomic E-state index is 13.8. The van der Waals surface area contributed by atoms with Gasteiger partial charge >= 0.3 is 0 Å². The van der Waals surface area contributed by atoms with E-state index in [0.29, 0.717) is 29.2 Å². The van der Waals surface area contributed by atoms with E-state index in [-0.39, 0.29) is 18.1 Å². The number of ether oxygens (including phenoxy) is 3. The van der Waals surface area contributed by atoms with Crippen molar-refractivity contribution in [1.82, 2.24) is 20.2 Å². The lowest BCUT2D eigenvalue weighted by Gasteiger charge is -2.34. The zero-order valence-electron chi connectivity index (χ0n) is 22.1. The molecule has 2 aromatic carbocycles. The fraction of sp³-hybridized carbons (Fsp3) is 0.357. The van der Waals surface area contributed by atoms with Crippen LogP contribution in [0, 0.1) is 0 Å². The van der Waals surface area contributed by atoms with Crippen molar-refractivity contribution in [1.29, 1.82) is 0 Å². The van der Waals surface area contributed by atoms with Crippen molar-refractivity contribution < 1.29 is 23.8 Å². The van der Waals surface area contributed by atoms with Crippen LogP contribution in [0.1, 0.15) is 48.4 Å². The Hall–Kier alpha value is -4.14. The third-order valence-corrected chi connectivity index (χ3v) is 5.59. The summed E-state index contributed by atoms with van der Waals surface area (Å²) in [6.07, 6.45) is 4.86. The molecule has 9 nitrogen and oxygen atoms in total. The molecule has 0 bridgehead atoms. The third kappa shape index (κ3) is 6.97. The van der Waals surface area contributed by atoms with Gasteiger partial charge in [-0.1, -0.05) is 30.3 Å². The number of aromatic nitrogens is 2. The molecule has 1 aromatic heterocycles. The summed E-state index contributed by atoms with van der Waals surface area (Å²) in [6.45, 7) is 5.90. The monoisotopic (exact) mass is 506 g/mol. The number of benzene rings is 2. The van der Waals surface area contributed by atoms with Gasteiger partial charge in [-0.15, -0.1) is 0 Å². The zero-order valence-corrected chi connectivity index (χ0v) is 22.1. The van der Waals surface area contributed by atoms with E-state index in [9.17, 15) is 9.59 Å².